The molecule has 0 aliphatic rings. The van der Waals surface area contributed by atoms with Gasteiger partial charge < -0.3 is 15.1 Å². The Hall–Kier alpha value is -1.47. The lowest BCUT2D eigenvalue weighted by atomic mass is 10.1. The fourth-order valence-corrected chi connectivity index (χ4v) is 5.78. The summed E-state index contributed by atoms with van der Waals surface area (Å²) < 4.78 is 19.2. The van der Waals surface area contributed by atoms with E-state index in [0.29, 0.717) is 12.8 Å². The first kappa shape index (κ1) is 51.9. The number of phosphoric acid groups is 1. The molecule has 0 aromatic rings. The molecule has 0 fully saturated rings. The van der Waals surface area contributed by atoms with Gasteiger partial charge in [-0.05, 0) is 78.1 Å². The summed E-state index contributed by atoms with van der Waals surface area (Å²) in [5, 5.41) is 17.0. The molecule has 292 valence electrons. The lowest BCUT2D eigenvalue weighted by Crippen LogP contribution is -1.93. The van der Waals surface area contributed by atoms with Crippen molar-refractivity contribution in [2.45, 2.75) is 207 Å². The molecule has 0 aromatic carbocycles. The highest BCUT2D eigenvalue weighted by molar-refractivity contribution is 7.47. The van der Waals surface area contributed by atoms with E-state index < -0.39 is 19.8 Å². The molecule has 0 unspecified atom stereocenters. The van der Waals surface area contributed by atoms with Crippen molar-refractivity contribution >= 4 is 19.8 Å². The van der Waals surface area contributed by atoms with Crippen LogP contribution in [0, 0.1) is 0 Å². The van der Waals surface area contributed by atoms with E-state index in [9.17, 15) is 14.2 Å². The van der Waals surface area contributed by atoms with E-state index in [-0.39, 0.29) is 13.2 Å². The van der Waals surface area contributed by atoms with Crippen LogP contribution < -0.4 is 0 Å². The molecular weight excluding hydrogens is 639 g/mol. The highest BCUT2D eigenvalue weighted by Gasteiger charge is 2.17. The summed E-state index contributed by atoms with van der Waals surface area (Å²) in [6, 6.07) is 0. The molecule has 9 heteroatoms. The molecule has 0 saturated carbocycles. The predicted octanol–water partition coefficient (Wildman–Crippen LogP) is 13.4. The van der Waals surface area contributed by atoms with Gasteiger partial charge in [0.05, 0.1) is 13.2 Å². The predicted molar refractivity (Wildman–Crippen MR) is 207 cm³/mol. The van der Waals surface area contributed by atoms with Gasteiger partial charge in [0.1, 0.15) is 0 Å². The van der Waals surface area contributed by atoms with Gasteiger partial charge in [-0.15, -0.1) is 0 Å². The van der Waals surface area contributed by atoms with Crippen LogP contribution in [0.4, 0.5) is 0 Å². The van der Waals surface area contributed by atoms with Gasteiger partial charge in [0.2, 0.25) is 0 Å². The molecule has 0 rings (SSSR count). The Morgan fingerprint density at radius 3 is 0.939 bits per heavy atom. The Morgan fingerprint density at radius 1 is 0.449 bits per heavy atom. The fraction of sp³-hybridized carbons (Fsp3) is 0.850. The van der Waals surface area contributed by atoms with E-state index in [0.717, 1.165) is 25.7 Å². The van der Waals surface area contributed by atoms with Crippen molar-refractivity contribution in [1.29, 1.82) is 0 Å². The molecule has 0 amide bonds. The van der Waals surface area contributed by atoms with Crippen molar-refractivity contribution in [3.8, 4) is 0 Å². The Balaban J connectivity index is -0.000000695. The van der Waals surface area contributed by atoms with Gasteiger partial charge >= 0.3 is 19.8 Å². The smallest absolute Gasteiger partial charge is 0.472 e. The van der Waals surface area contributed by atoms with Gasteiger partial charge in [-0.1, -0.05) is 141 Å². The Morgan fingerprint density at radius 2 is 0.694 bits per heavy atom. The van der Waals surface area contributed by atoms with Crippen molar-refractivity contribution in [2.75, 3.05) is 13.2 Å². The first-order chi connectivity index (χ1) is 23.7. The number of unbranched alkanes of at least 4 members (excludes halogenated alkanes) is 22. The second-order valence-electron chi connectivity index (χ2n) is 12.8. The van der Waals surface area contributed by atoms with Gasteiger partial charge in [0.25, 0.3) is 0 Å². The molecule has 0 saturated heterocycles. The molecule has 0 aliphatic carbocycles. The number of allylic oxidation sites excluding steroid dienone is 4. The largest absolute Gasteiger partial charge is 0.481 e. The summed E-state index contributed by atoms with van der Waals surface area (Å²) in [6.07, 6.45) is 42.5. The maximum absolute atomic E-state index is 10.5. The normalized spacial score (nSPS) is 11.4. The third-order valence-corrected chi connectivity index (χ3v) is 9.06. The van der Waals surface area contributed by atoms with Crippen LogP contribution in [-0.4, -0.2) is 40.3 Å². The monoisotopic (exact) mass is 719 g/mol. The molecule has 0 aromatic heterocycles. The third-order valence-electron chi connectivity index (χ3n) is 7.89. The zero-order valence-corrected chi connectivity index (χ0v) is 33.2. The topological polar surface area (TPSA) is 130 Å². The second kappa shape index (κ2) is 44.6. The van der Waals surface area contributed by atoms with Crippen LogP contribution in [0.2, 0.25) is 0 Å². The molecule has 0 bridgehead atoms. The fourth-order valence-electron chi connectivity index (χ4n) is 5.06. The van der Waals surface area contributed by atoms with Gasteiger partial charge in [0, 0.05) is 12.8 Å². The molecule has 0 heterocycles. The maximum Gasteiger partial charge on any atom is 0.472 e. The zero-order valence-electron chi connectivity index (χ0n) is 32.4. The van der Waals surface area contributed by atoms with Crippen molar-refractivity contribution < 1.29 is 38.3 Å². The van der Waals surface area contributed by atoms with E-state index in [1.807, 2.05) is 0 Å². The number of rotatable bonds is 34. The van der Waals surface area contributed by atoms with E-state index in [4.69, 9.17) is 15.1 Å². The number of hydrogen-bond acceptors (Lipinski definition) is 5. The summed E-state index contributed by atoms with van der Waals surface area (Å²) in [5.41, 5.74) is 0. The molecular formula is C40H79O8P. The highest BCUT2D eigenvalue weighted by Crippen LogP contribution is 2.42. The maximum atomic E-state index is 10.5. The van der Waals surface area contributed by atoms with E-state index in [1.165, 1.54) is 141 Å². The molecule has 3 N–H and O–H groups in total. The van der Waals surface area contributed by atoms with E-state index in [1.54, 1.807) is 13.8 Å². The number of aliphatic carboxylic acids is 2. The van der Waals surface area contributed by atoms with Crippen LogP contribution in [-0.2, 0) is 23.2 Å². The Labute approximate surface area is 302 Å². The van der Waals surface area contributed by atoms with Crippen molar-refractivity contribution in [3.63, 3.8) is 0 Å². The lowest BCUT2D eigenvalue weighted by Gasteiger charge is -2.07. The first-order valence-electron chi connectivity index (χ1n) is 20.0. The summed E-state index contributed by atoms with van der Waals surface area (Å²) in [5.74, 6) is -1.33. The quantitative estimate of drug-likeness (QED) is 0.0340. The van der Waals surface area contributed by atoms with Crippen molar-refractivity contribution in [1.82, 2.24) is 0 Å². The lowest BCUT2D eigenvalue weighted by molar-refractivity contribution is -0.138. The number of carboxylic acid groups (broad SMARTS) is 2. The number of carboxylic acids is 2. The number of hydrogen-bond donors (Lipinski definition) is 3. The third kappa shape index (κ3) is 56.2. The molecule has 0 radical (unpaired) electrons. The van der Waals surface area contributed by atoms with Crippen LogP contribution in [0.5, 0.6) is 0 Å². The molecule has 0 atom stereocenters. The van der Waals surface area contributed by atoms with E-state index in [2.05, 4.69) is 47.2 Å². The molecule has 0 spiro atoms. The average molecular weight is 719 g/mol. The number of phosphoric ester groups is 1. The Bertz CT molecular complexity index is 724. The summed E-state index contributed by atoms with van der Waals surface area (Å²) in [7, 11) is -3.69. The zero-order chi connectivity index (χ0) is 37.1. The summed E-state index contributed by atoms with van der Waals surface area (Å²) >= 11 is 0. The van der Waals surface area contributed by atoms with Gasteiger partial charge in [-0.25, -0.2) is 4.57 Å². The van der Waals surface area contributed by atoms with Gasteiger partial charge in [-0.2, -0.15) is 0 Å². The minimum Gasteiger partial charge on any atom is -0.481 e. The van der Waals surface area contributed by atoms with Crippen molar-refractivity contribution in [3.05, 3.63) is 24.3 Å². The first-order valence-corrected chi connectivity index (χ1v) is 21.5. The van der Waals surface area contributed by atoms with E-state index >= 15 is 0 Å². The van der Waals surface area contributed by atoms with Crippen LogP contribution in [0.3, 0.4) is 0 Å². The molecule has 49 heavy (non-hydrogen) atoms. The van der Waals surface area contributed by atoms with Gasteiger partial charge in [-0.3, -0.25) is 18.6 Å². The minimum absolute atomic E-state index is 0.188. The highest BCUT2D eigenvalue weighted by atomic mass is 31.2. The second-order valence-corrected chi connectivity index (χ2v) is 14.2. The van der Waals surface area contributed by atoms with Crippen LogP contribution >= 0.6 is 7.82 Å². The SMILES string of the molecule is CCCCCCCC/C=C\CCCCCCCC(=O)O.CCCCCCCC/C=C\CCCCCCCC(=O)O.CCOP(=O)(O)OCC. The average Bonchev–Trinajstić information content (AvgIpc) is 3.05. The minimum atomic E-state index is -3.69. The molecule has 0 aliphatic heterocycles. The molecule has 8 nitrogen and oxygen atoms in total. The Kier molecular flexibility index (Phi) is 47.2. The van der Waals surface area contributed by atoms with Gasteiger partial charge in [0.15, 0.2) is 0 Å². The van der Waals surface area contributed by atoms with Crippen LogP contribution in [0.15, 0.2) is 24.3 Å². The summed E-state index contributed by atoms with van der Waals surface area (Å²) in [6.45, 7) is 8.15. The van der Waals surface area contributed by atoms with Crippen LogP contribution in [0.25, 0.3) is 0 Å². The summed E-state index contributed by atoms with van der Waals surface area (Å²) in [4.78, 5) is 29.3. The van der Waals surface area contributed by atoms with Crippen LogP contribution in [0.1, 0.15) is 207 Å². The standard InChI is InChI=1S/2C18H34O2.C4H11O4P/c2*1-2-3-4-5-6-7-8-9-10-11-12-13-14-15-16-17-18(19)20;1-3-7-9(5,6)8-4-2/h2*9-10H,2-8,11-17H2,1H3,(H,19,20);3-4H2,1-2H3,(H,5,6)/b2*10-9-;. The number of carbonyl (C=O) groups is 2. The van der Waals surface area contributed by atoms with Crippen molar-refractivity contribution in [2.24, 2.45) is 0 Å².